The number of carbonyl (C=O) groups is 3. The van der Waals surface area contributed by atoms with Gasteiger partial charge in [0.1, 0.15) is 18.7 Å². The molecule has 3 amide bonds. The first-order valence-electron chi connectivity index (χ1n) is 16.9. The topological polar surface area (TPSA) is 167 Å². The molecule has 0 unspecified atom stereocenters. The van der Waals surface area contributed by atoms with Gasteiger partial charge in [-0.15, -0.1) is 11.3 Å². The summed E-state index contributed by atoms with van der Waals surface area (Å²) in [7, 11) is 1.62. The third-order valence-electron chi connectivity index (χ3n) is 7.86. The number of thiazole rings is 1. The second-order valence-electron chi connectivity index (χ2n) is 12.9. The Morgan fingerprint density at radius 1 is 0.920 bits per heavy atom. The number of aliphatic hydroxyl groups excluding tert-OH is 1. The quantitative estimate of drug-likeness (QED) is 0.144. The van der Waals surface area contributed by atoms with E-state index in [1.807, 2.05) is 57.5 Å². The number of hydrogen-bond donors (Lipinski definition) is 3. The van der Waals surface area contributed by atoms with E-state index in [0.29, 0.717) is 52.9 Å². The molecule has 3 atom stereocenters. The van der Waals surface area contributed by atoms with Crippen LogP contribution in [0.3, 0.4) is 0 Å². The average molecular weight is 723 g/mol. The van der Waals surface area contributed by atoms with E-state index < -0.39 is 35.4 Å². The minimum Gasteiger partial charge on any atom is -0.391 e. The van der Waals surface area contributed by atoms with Crippen molar-refractivity contribution < 1.29 is 47.9 Å². The van der Waals surface area contributed by atoms with Gasteiger partial charge in [0, 0.05) is 26.6 Å². The molecule has 1 aromatic heterocycles. The van der Waals surface area contributed by atoms with Gasteiger partial charge in [-0.05, 0) is 23.5 Å². The van der Waals surface area contributed by atoms with Gasteiger partial charge in [0.2, 0.25) is 17.7 Å². The van der Waals surface area contributed by atoms with Crippen molar-refractivity contribution in [1.29, 1.82) is 0 Å². The number of benzene rings is 1. The number of β-amino-alcohol motifs (C(OH)–C–C–N with tert-alkyl or cyclic N) is 1. The van der Waals surface area contributed by atoms with Gasteiger partial charge in [-0.1, -0.05) is 45.0 Å². The minimum atomic E-state index is -0.942. The molecule has 3 rings (SSSR count). The number of rotatable bonds is 23. The molecule has 0 bridgehead atoms. The van der Waals surface area contributed by atoms with Gasteiger partial charge in [0.25, 0.3) is 0 Å². The summed E-state index contributed by atoms with van der Waals surface area (Å²) >= 11 is 1.57. The van der Waals surface area contributed by atoms with Gasteiger partial charge in [0.15, 0.2) is 0 Å². The maximum absolute atomic E-state index is 13.8. The van der Waals surface area contributed by atoms with E-state index in [1.165, 1.54) is 4.90 Å². The lowest BCUT2D eigenvalue weighted by atomic mass is 9.85. The zero-order valence-corrected chi connectivity index (χ0v) is 30.8. The summed E-state index contributed by atoms with van der Waals surface area (Å²) in [6.07, 6.45) is -0.745. The molecule has 1 aliphatic rings. The Balaban J connectivity index is 1.36. The molecule has 1 aliphatic heterocycles. The van der Waals surface area contributed by atoms with Crippen molar-refractivity contribution in [3.8, 4) is 10.4 Å². The van der Waals surface area contributed by atoms with Gasteiger partial charge in [-0.3, -0.25) is 14.4 Å². The number of aromatic nitrogens is 1. The third-order valence-corrected chi connectivity index (χ3v) is 8.84. The van der Waals surface area contributed by atoms with Crippen molar-refractivity contribution in [1.82, 2.24) is 20.5 Å². The molecule has 1 aromatic carbocycles. The molecule has 2 aromatic rings. The first kappa shape index (κ1) is 41.4. The zero-order chi connectivity index (χ0) is 36.4. The van der Waals surface area contributed by atoms with Crippen LogP contribution in [-0.2, 0) is 49.3 Å². The molecule has 1 fully saturated rings. The van der Waals surface area contributed by atoms with Crippen LogP contribution < -0.4 is 10.6 Å². The SMILES string of the molecule is COCCOCCOCCOCCOCCOCC(=O)N[C@H](C(=O)N1C[C@H](O)C[C@H]1C(=O)NCc1ccc(-c2scnc2C)cc1)C(C)(C)C. The van der Waals surface area contributed by atoms with Crippen LogP contribution in [0.1, 0.15) is 38.4 Å². The van der Waals surface area contributed by atoms with Crippen LogP contribution in [0, 0.1) is 12.3 Å². The highest BCUT2D eigenvalue weighted by molar-refractivity contribution is 7.13. The van der Waals surface area contributed by atoms with Crippen molar-refractivity contribution >= 4 is 29.1 Å². The Labute approximate surface area is 299 Å². The lowest BCUT2D eigenvalue weighted by molar-refractivity contribution is -0.144. The molecule has 14 nitrogen and oxygen atoms in total. The fraction of sp³-hybridized carbons (Fsp3) is 0.657. The molecule has 2 heterocycles. The predicted molar refractivity (Wildman–Crippen MR) is 188 cm³/mol. The van der Waals surface area contributed by atoms with Crippen molar-refractivity contribution in [2.24, 2.45) is 5.41 Å². The fourth-order valence-corrected chi connectivity index (χ4v) is 5.98. The number of carbonyl (C=O) groups excluding carboxylic acids is 3. The maximum Gasteiger partial charge on any atom is 0.246 e. The molecule has 15 heteroatoms. The van der Waals surface area contributed by atoms with Crippen molar-refractivity contribution in [3.63, 3.8) is 0 Å². The Morgan fingerprint density at radius 2 is 1.48 bits per heavy atom. The molecule has 1 saturated heterocycles. The summed E-state index contributed by atoms with van der Waals surface area (Å²) in [5.41, 5.74) is 4.06. The first-order valence-corrected chi connectivity index (χ1v) is 17.8. The summed E-state index contributed by atoms with van der Waals surface area (Å²) in [6.45, 7) is 11.7. The molecular formula is C35H54N4O10S. The van der Waals surface area contributed by atoms with E-state index in [9.17, 15) is 19.5 Å². The van der Waals surface area contributed by atoms with Crippen LogP contribution in [0.25, 0.3) is 10.4 Å². The number of aliphatic hydroxyl groups is 1. The van der Waals surface area contributed by atoms with E-state index in [0.717, 1.165) is 21.7 Å². The monoisotopic (exact) mass is 722 g/mol. The van der Waals surface area contributed by atoms with Crippen molar-refractivity contribution in [2.75, 3.05) is 86.3 Å². The molecule has 50 heavy (non-hydrogen) atoms. The Morgan fingerprint density at radius 3 is 2.00 bits per heavy atom. The minimum absolute atomic E-state index is 0.00286. The van der Waals surface area contributed by atoms with E-state index in [4.69, 9.17) is 28.4 Å². The lowest BCUT2D eigenvalue weighted by Crippen LogP contribution is -2.58. The molecular weight excluding hydrogens is 668 g/mol. The Hall–Kier alpha value is -3.02. The normalized spacial score (nSPS) is 16.8. The van der Waals surface area contributed by atoms with E-state index >= 15 is 0 Å². The number of aryl methyl sites for hydroxylation is 1. The molecule has 0 radical (unpaired) electrons. The molecule has 0 saturated carbocycles. The van der Waals surface area contributed by atoms with Gasteiger partial charge < -0.3 is 49.1 Å². The number of amides is 3. The third kappa shape index (κ3) is 14.3. The predicted octanol–water partition coefficient (Wildman–Crippen LogP) is 1.96. The van der Waals surface area contributed by atoms with Crippen LogP contribution in [-0.4, -0.2) is 137 Å². The van der Waals surface area contributed by atoms with Gasteiger partial charge in [-0.25, -0.2) is 4.98 Å². The molecule has 0 spiro atoms. The Kier molecular flexibility index (Phi) is 18.2. The first-order chi connectivity index (χ1) is 24.0. The summed E-state index contributed by atoms with van der Waals surface area (Å²) in [4.78, 5) is 46.6. The zero-order valence-electron chi connectivity index (χ0n) is 29.9. The number of methoxy groups -OCH3 is 1. The summed E-state index contributed by atoms with van der Waals surface area (Å²) in [5.74, 6) is -1.27. The number of hydrogen-bond acceptors (Lipinski definition) is 12. The average Bonchev–Trinajstić information content (AvgIpc) is 3.70. The van der Waals surface area contributed by atoms with Crippen LogP contribution in [0.2, 0.25) is 0 Å². The Bertz CT molecular complexity index is 1300. The highest BCUT2D eigenvalue weighted by Crippen LogP contribution is 2.28. The second kappa shape index (κ2) is 22.0. The summed E-state index contributed by atoms with van der Waals surface area (Å²) in [5, 5.41) is 16.1. The van der Waals surface area contributed by atoms with E-state index in [1.54, 1.807) is 18.4 Å². The summed E-state index contributed by atoms with van der Waals surface area (Å²) in [6, 6.07) is 6.06. The maximum atomic E-state index is 13.8. The standard InChI is InChI=1S/C35H54N4O10S/c1-25-31(50-24-37-25)27-8-6-26(7-9-27)21-36-33(42)29-20-28(40)22-39(29)34(43)32(35(2,3)4)38-30(41)23-49-19-18-48-17-16-47-15-14-46-13-12-45-11-10-44-5/h6-9,24,28-29,32,40H,10-23H2,1-5H3,(H,36,42)(H,38,41)/t28-,29+,32-/m1/s1. The number of nitrogens with one attached hydrogen (secondary N) is 2. The highest BCUT2D eigenvalue weighted by Gasteiger charge is 2.44. The second-order valence-corrected chi connectivity index (χ2v) is 13.8. The number of nitrogens with zero attached hydrogens (tertiary/aromatic N) is 2. The fourth-order valence-electron chi connectivity index (χ4n) is 5.17. The largest absolute Gasteiger partial charge is 0.391 e. The summed E-state index contributed by atoms with van der Waals surface area (Å²) < 4.78 is 32.0. The van der Waals surface area contributed by atoms with Gasteiger partial charge in [0.05, 0.1) is 88.3 Å². The lowest BCUT2D eigenvalue weighted by Gasteiger charge is -2.35. The van der Waals surface area contributed by atoms with Gasteiger partial charge in [-0.2, -0.15) is 0 Å². The van der Waals surface area contributed by atoms with Gasteiger partial charge >= 0.3 is 0 Å². The van der Waals surface area contributed by atoms with Crippen molar-refractivity contribution in [3.05, 3.63) is 41.0 Å². The number of ether oxygens (including phenoxy) is 6. The molecule has 0 aliphatic carbocycles. The van der Waals surface area contributed by atoms with E-state index in [2.05, 4.69) is 15.6 Å². The van der Waals surface area contributed by atoms with Crippen LogP contribution >= 0.6 is 11.3 Å². The highest BCUT2D eigenvalue weighted by atomic mass is 32.1. The van der Waals surface area contributed by atoms with Crippen LogP contribution in [0.15, 0.2) is 29.8 Å². The molecule has 3 N–H and O–H groups in total. The van der Waals surface area contributed by atoms with Crippen LogP contribution in [0.5, 0.6) is 0 Å². The van der Waals surface area contributed by atoms with Crippen LogP contribution in [0.4, 0.5) is 0 Å². The smallest absolute Gasteiger partial charge is 0.246 e. The van der Waals surface area contributed by atoms with E-state index in [-0.39, 0.29) is 45.2 Å². The number of likely N-dealkylation sites (tertiary alicyclic amines) is 1. The van der Waals surface area contributed by atoms with Crippen molar-refractivity contribution in [2.45, 2.75) is 58.8 Å². The molecule has 280 valence electrons.